The average molecular weight is 274 g/mol. The summed E-state index contributed by atoms with van der Waals surface area (Å²) < 4.78 is 10.7. The summed E-state index contributed by atoms with van der Waals surface area (Å²) in [5.74, 6) is 1.89. The van der Waals surface area contributed by atoms with E-state index < -0.39 is 0 Å². The van der Waals surface area contributed by atoms with Gasteiger partial charge in [0.15, 0.2) is 6.61 Å². The Balaban J connectivity index is 1.70. The summed E-state index contributed by atoms with van der Waals surface area (Å²) in [4.78, 5) is 4.19. The fraction of sp³-hybridized carbons (Fsp3) is 0.467. The third kappa shape index (κ3) is 2.67. The van der Waals surface area contributed by atoms with Crippen molar-refractivity contribution in [2.75, 3.05) is 0 Å². The highest BCUT2D eigenvalue weighted by molar-refractivity contribution is 5.38. The summed E-state index contributed by atoms with van der Waals surface area (Å²) in [6.07, 6.45) is 3.23. The van der Waals surface area contributed by atoms with E-state index in [4.69, 9.17) is 9.26 Å². The van der Waals surface area contributed by atoms with Gasteiger partial charge in [-0.25, -0.2) is 0 Å². The molecule has 0 aliphatic heterocycles. The lowest BCUT2D eigenvalue weighted by Crippen LogP contribution is -2.09. The summed E-state index contributed by atoms with van der Waals surface area (Å²) in [6.45, 7) is 2.24. The minimum absolute atomic E-state index is 0.276. The smallest absolute Gasteiger partial charge is 0.226 e. The molecule has 0 bridgehead atoms. The number of rotatable bonds is 4. The van der Waals surface area contributed by atoms with Crippen molar-refractivity contribution in [2.45, 2.75) is 45.3 Å². The molecule has 0 saturated carbocycles. The molecule has 1 atom stereocenters. The molecule has 0 saturated heterocycles. The Morgan fingerprint density at radius 1 is 1.45 bits per heavy atom. The lowest BCUT2D eigenvalue weighted by Gasteiger charge is -2.21. The third-order valence-electron chi connectivity index (χ3n) is 3.58. The second-order valence-corrected chi connectivity index (χ2v) is 5.02. The zero-order valence-corrected chi connectivity index (χ0v) is 11.5. The summed E-state index contributed by atoms with van der Waals surface area (Å²) in [5.41, 5.74) is 2.19. The van der Waals surface area contributed by atoms with Crippen molar-refractivity contribution in [3.63, 3.8) is 0 Å². The summed E-state index contributed by atoms with van der Waals surface area (Å²) in [6, 6.07) is 5.87. The average Bonchev–Trinajstić information content (AvgIpc) is 2.94. The molecule has 2 aromatic rings. The molecule has 1 heterocycles. The monoisotopic (exact) mass is 274 g/mol. The maximum absolute atomic E-state index is 10.0. The highest BCUT2D eigenvalue weighted by Gasteiger charge is 2.18. The van der Waals surface area contributed by atoms with Gasteiger partial charge in [-0.1, -0.05) is 18.1 Å². The SMILES string of the molecule is CCc1nc(COc2ccc3c(c2)[C@H](O)CCC3)no1. The zero-order valence-electron chi connectivity index (χ0n) is 11.5. The van der Waals surface area contributed by atoms with Crippen LogP contribution in [0.1, 0.15) is 48.7 Å². The van der Waals surface area contributed by atoms with Gasteiger partial charge in [-0.3, -0.25) is 0 Å². The van der Waals surface area contributed by atoms with Gasteiger partial charge in [-0.05, 0) is 42.5 Å². The van der Waals surface area contributed by atoms with Crippen molar-refractivity contribution in [1.29, 1.82) is 0 Å². The van der Waals surface area contributed by atoms with E-state index in [9.17, 15) is 5.11 Å². The van der Waals surface area contributed by atoms with Crippen LogP contribution in [0.5, 0.6) is 5.75 Å². The van der Waals surface area contributed by atoms with Gasteiger partial charge in [0, 0.05) is 6.42 Å². The molecule has 1 N–H and O–H groups in total. The van der Waals surface area contributed by atoms with Crippen molar-refractivity contribution >= 4 is 0 Å². The van der Waals surface area contributed by atoms with E-state index in [-0.39, 0.29) is 12.7 Å². The molecule has 1 aliphatic carbocycles. The molecule has 0 amide bonds. The number of aryl methyl sites for hydroxylation is 2. The van der Waals surface area contributed by atoms with E-state index in [0.29, 0.717) is 11.7 Å². The molecule has 0 spiro atoms. The number of aromatic nitrogens is 2. The minimum Gasteiger partial charge on any atom is -0.485 e. The zero-order chi connectivity index (χ0) is 13.9. The first kappa shape index (κ1) is 13.1. The Labute approximate surface area is 117 Å². The van der Waals surface area contributed by atoms with Crippen LogP contribution in [0, 0.1) is 0 Å². The predicted octanol–water partition coefficient (Wildman–Crippen LogP) is 2.58. The van der Waals surface area contributed by atoms with Gasteiger partial charge in [-0.15, -0.1) is 0 Å². The second kappa shape index (κ2) is 5.63. The molecular formula is C15H18N2O3. The van der Waals surface area contributed by atoms with Crippen molar-refractivity contribution < 1.29 is 14.4 Å². The van der Waals surface area contributed by atoms with Crippen LogP contribution in [0.4, 0.5) is 0 Å². The number of ether oxygens (including phenoxy) is 1. The Hall–Kier alpha value is -1.88. The lowest BCUT2D eigenvalue weighted by atomic mass is 9.89. The first-order chi connectivity index (χ1) is 9.76. The number of aliphatic hydroxyl groups is 1. The first-order valence-electron chi connectivity index (χ1n) is 7.01. The molecule has 5 nitrogen and oxygen atoms in total. The van der Waals surface area contributed by atoms with Crippen LogP contribution in [-0.4, -0.2) is 15.2 Å². The van der Waals surface area contributed by atoms with Crippen LogP contribution >= 0.6 is 0 Å². The Kier molecular flexibility index (Phi) is 3.69. The Morgan fingerprint density at radius 3 is 3.15 bits per heavy atom. The van der Waals surface area contributed by atoms with E-state index in [0.717, 1.165) is 37.0 Å². The van der Waals surface area contributed by atoms with Gasteiger partial charge < -0.3 is 14.4 Å². The molecule has 1 aromatic heterocycles. The number of fused-ring (bicyclic) bond motifs is 1. The summed E-state index contributed by atoms with van der Waals surface area (Å²) >= 11 is 0. The summed E-state index contributed by atoms with van der Waals surface area (Å²) in [5, 5.41) is 13.9. The Morgan fingerprint density at radius 2 is 2.35 bits per heavy atom. The third-order valence-corrected chi connectivity index (χ3v) is 3.58. The minimum atomic E-state index is -0.376. The van der Waals surface area contributed by atoms with Gasteiger partial charge in [0.2, 0.25) is 11.7 Å². The normalized spacial score (nSPS) is 17.8. The number of hydrogen-bond acceptors (Lipinski definition) is 5. The number of aliphatic hydroxyl groups excluding tert-OH is 1. The van der Waals surface area contributed by atoms with Crippen molar-refractivity contribution in [1.82, 2.24) is 10.1 Å². The van der Waals surface area contributed by atoms with Crippen LogP contribution in [-0.2, 0) is 19.4 Å². The van der Waals surface area contributed by atoms with Crippen LogP contribution in [0.25, 0.3) is 0 Å². The van der Waals surface area contributed by atoms with Gasteiger partial charge >= 0.3 is 0 Å². The maximum atomic E-state index is 10.0. The predicted molar refractivity (Wildman–Crippen MR) is 72.3 cm³/mol. The van der Waals surface area contributed by atoms with Gasteiger partial charge in [0.25, 0.3) is 0 Å². The number of hydrogen-bond donors (Lipinski definition) is 1. The van der Waals surface area contributed by atoms with Crippen LogP contribution in [0.15, 0.2) is 22.7 Å². The first-order valence-corrected chi connectivity index (χ1v) is 7.01. The molecule has 5 heteroatoms. The number of benzene rings is 1. The van der Waals surface area contributed by atoms with E-state index in [2.05, 4.69) is 10.1 Å². The van der Waals surface area contributed by atoms with E-state index in [1.165, 1.54) is 5.56 Å². The molecule has 0 radical (unpaired) electrons. The fourth-order valence-corrected chi connectivity index (χ4v) is 2.48. The lowest BCUT2D eigenvalue weighted by molar-refractivity contribution is 0.156. The van der Waals surface area contributed by atoms with Crippen molar-refractivity contribution in [2.24, 2.45) is 0 Å². The van der Waals surface area contributed by atoms with E-state index in [1.54, 1.807) is 0 Å². The van der Waals surface area contributed by atoms with Gasteiger partial charge in [0.1, 0.15) is 5.75 Å². The largest absolute Gasteiger partial charge is 0.485 e. The Bertz CT molecular complexity index is 595. The highest BCUT2D eigenvalue weighted by atomic mass is 16.5. The van der Waals surface area contributed by atoms with Gasteiger partial charge in [0.05, 0.1) is 6.10 Å². The molecule has 106 valence electrons. The molecule has 0 fully saturated rings. The van der Waals surface area contributed by atoms with E-state index >= 15 is 0 Å². The highest BCUT2D eigenvalue weighted by Crippen LogP contribution is 2.32. The summed E-state index contributed by atoms with van der Waals surface area (Å²) in [7, 11) is 0. The molecule has 1 aromatic carbocycles. The topological polar surface area (TPSA) is 68.4 Å². The van der Waals surface area contributed by atoms with Crippen LogP contribution < -0.4 is 4.74 Å². The number of nitrogens with zero attached hydrogens (tertiary/aromatic N) is 2. The van der Waals surface area contributed by atoms with Gasteiger partial charge in [-0.2, -0.15) is 4.98 Å². The molecule has 20 heavy (non-hydrogen) atoms. The molecular weight excluding hydrogens is 256 g/mol. The molecule has 0 unspecified atom stereocenters. The molecule has 3 rings (SSSR count). The van der Waals surface area contributed by atoms with E-state index in [1.807, 2.05) is 25.1 Å². The maximum Gasteiger partial charge on any atom is 0.226 e. The second-order valence-electron chi connectivity index (χ2n) is 5.02. The van der Waals surface area contributed by atoms with Crippen molar-refractivity contribution in [3.8, 4) is 5.75 Å². The van der Waals surface area contributed by atoms with Crippen LogP contribution in [0.3, 0.4) is 0 Å². The fourth-order valence-electron chi connectivity index (χ4n) is 2.48. The van der Waals surface area contributed by atoms with Crippen LogP contribution in [0.2, 0.25) is 0 Å². The standard InChI is InChI=1S/C15H18N2O3/c1-2-15-16-14(17-20-15)9-19-11-7-6-10-4-3-5-13(18)12(10)8-11/h6-8,13,18H,2-5,9H2,1H3/t13-/m1/s1. The van der Waals surface area contributed by atoms with Crippen molar-refractivity contribution in [3.05, 3.63) is 41.0 Å². The quantitative estimate of drug-likeness (QED) is 0.928. The molecule has 1 aliphatic rings.